The summed E-state index contributed by atoms with van der Waals surface area (Å²) in [5.41, 5.74) is 8.60. The molecule has 0 spiro atoms. The Kier molecular flexibility index (Phi) is 4.72. The highest BCUT2D eigenvalue weighted by atomic mass is 35.5. The fourth-order valence-electron chi connectivity index (χ4n) is 2.86. The Hall–Kier alpha value is -2.20. The van der Waals surface area contributed by atoms with Crippen LogP contribution in [0.15, 0.2) is 48.5 Å². The molecule has 0 unspecified atom stereocenters. The topological polar surface area (TPSA) is 49.6 Å². The van der Waals surface area contributed by atoms with Gasteiger partial charge in [0.2, 0.25) is 5.91 Å². The molecule has 1 heterocycles. The highest BCUT2D eigenvalue weighted by Gasteiger charge is 2.21. The van der Waals surface area contributed by atoms with E-state index < -0.39 is 0 Å². The molecule has 4 nitrogen and oxygen atoms in total. The Balaban J connectivity index is 1.58. The van der Waals surface area contributed by atoms with E-state index in [1.165, 1.54) is 0 Å². The van der Waals surface area contributed by atoms with Crippen LogP contribution in [0.4, 0.5) is 11.4 Å². The first-order valence-electron chi connectivity index (χ1n) is 7.75. The molecule has 0 atom stereocenters. The number of nitrogens with zero attached hydrogens (tertiary/aromatic N) is 2. The van der Waals surface area contributed by atoms with Gasteiger partial charge in [0.25, 0.3) is 0 Å². The molecule has 0 aromatic heterocycles. The molecule has 1 aliphatic rings. The van der Waals surface area contributed by atoms with Crippen LogP contribution < -0.4 is 10.6 Å². The number of hydrogen-bond acceptors (Lipinski definition) is 3. The van der Waals surface area contributed by atoms with Gasteiger partial charge in [-0.2, -0.15) is 0 Å². The highest BCUT2D eigenvalue weighted by molar-refractivity contribution is 6.30. The van der Waals surface area contributed by atoms with Crippen LogP contribution >= 0.6 is 11.6 Å². The average molecular weight is 330 g/mol. The smallest absolute Gasteiger partial charge is 0.227 e. The minimum atomic E-state index is 0.133. The normalized spacial score (nSPS) is 14.8. The van der Waals surface area contributed by atoms with Gasteiger partial charge in [0, 0.05) is 42.6 Å². The maximum Gasteiger partial charge on any atom is 0.227 e. The van der Waals surface area contributed by atoms with Crippen LogP contribution in [0.2, 0.25) is 5.02 Å². The number of carbonyl (C=O) groups excluding carboxylic acids is 1. The number of halogens is 1. The van der Waals surface area contributed by atoms with E-state index in [4.69, 9.17) is 17.3 Å². The van der Waals surface area contributed by atoms with E-state index in [1.54, 1.807) is 0 Å². The van der Waals surface area contributed by atoms with Crippen molar-refractivity contribution in [2.24, 2.45) is 0 Å². The Labute approximate surface area is 141 Å². The summed E-state index contributed by atoms with van der Waals surface area (Å²) in [4.78, 5) is 16.6. The minimum Gasteiger partial charge on any atom is -0.398 e. The first-order chi connectivity index (χ1) is 11.1. The highest BCUT2D eigenvalue weighted by Crippen LogP contribution is 2.21. The third kappa shape index (κ3) is 3.77. The number of rotatable bonds is 3. The number of nitrogen functional groups attached to an aromatic ring is 1. The molecular formula is C18H20ClN3O. The van der Waals surface area contributed by atoms with Gasteiger partial charge in [0.1, 0.15) is 0 Å². The van der Waals surface area contributed by atoms with Gasteiger partial charge in [-0.1, -0.05) is 35.9 Å². The van der Waals surface area contributed by atoms with Gasteiger partial charge in [0.15, 0.2) is 0 Å². The summed E-state index contributed by atoms with van der Waals surface area (Å²) in [5, 5.41) is 0.737. The maximum atomic E-state index is 12.4. The predicted octanol–water partition coefficient (Wildman–Crippen LogP) is 2.81. The molecule has 0 saturated carbocycles. The fraction of sp³-hybridized carbons (Fsp3) is 0.278. The lowest BCUT2D eigenvalue weighted by molar-refractivity contribution is -0.130. The van der Waals surface area contributed by atoms with Gasteiger partial charge in [0.05, 0.1) is 6.42 Å². The van der Waals surface area contributed by atoms with Crippen molar-refractivity contribution in [3.8, 4) is 0 Å². The van der Waals surface area contributed by atoms with Gasteiger partial charge < -0.3 is 15.5 Å². The number of anilines is 2. The molecule has 120 valence electrons. The number of hydrogen-bond donors (Lipinski definition) is 1. The molecule has 3 rings (SSSR count). The molecule has 0 aliphatic carbocycles. The molecule has 2 N–H and O–H groups in total. The molecule has 23 heavy (non-hydrogen) atoms. The van der Waals surface area contributed by atoms with Crippen molar-refractivity contribution in [2.75, 3.05) is 36.8 Å². The second-order valence-corrected chi connectivity index (χ2v) is 6.16. The molecular weight excluding hydrogens is 310 g/mol. The van der Waals surface area contributed by atoms with Crippen LogP contribution in [0.1, 0.15) is 5.56 Å². The first kappa shape index (κ1) is 15.7. The third-order valence-corrected chi connectivity index (χ3v) is 4.44. The van der Waals surface area contributed by atoms with E-state index in [9.17, 15) is 4.79 Å². The summed E-state index contributed by atoms with van der Waals surface area (Å²) in [6.45, 7) is 3.07. The van der Waals surface area contributed by atoms with Crippen molar-refractivity contribution in [2.45, 2.75) is 6.42 Å². The SMILES string of the molecule is Nc1ccccc1CC(=O)N1CCN(c2cccc(Cl)c2)CC1. The summed E-state index contributed by atoms with van der Waals surface area (Å²) in [5.74, 6) is 0.133. The van der Waals surface area contributed by atoms with Gasteiger partial charge in [-0.25, -0.2) is 0 Å². The molecule has 1 amide bonds. The quantitative estimate of drug-likeness (QED) is 0.881. The molecule has 0 radical (unpaired) electrons. The van der Waals surface area contributed by atoms with Crippen molar-refractivity contribution in [3.63, 3.8) is 0 Å². The second-order valence-electron chi connectivity index (χ2n) is 5.72. The second kappa shape index (κ2) is 6.92. The lowest BCUT2D eigenvalue weighted by atomic mass is 10.1. The Bertz CT molecular complexity index is 696. The molecule has 0 bridgehead atoms. The van der Waals surface area contributed by atoms with Crippen LogP contribution in [-0.2, 0) is 11.2 Å². The number of para-hydroxylation sites is 1. The zero-order valence-corrected chi connectivity index (χ0v) is 13.7. The first-order valence-corrected chi connectivity index (χ1v) is 8.13. The van der Waals surface area contributed by atoms with Gasteiger partial charge in [-0.15, -0.1) is 0 Å². The monoisotopic (exact) mass is 329 g/mol. The molecule has 5 heteroatoms. The number of nitrogens with two attached hydrogens (primary N) is 1. The van der Waals surface area contributed by atoms with E-state index in [0.29, 0.717) is 12.1 Å². The zero-order chi connectivity index (χ0) is 16.2. The van der Waals surface area contributed by atoms with E-state index in [0.717, 1.165) is 42.5 Å². The molecule has 2 aromatic rings. The lowest BCUT2D eigenvalue weighted by Crippen LogP contribution is -2.49. The molecule has 1 saturated heterocycles. The summed E-state index contributed by atoms with van der Waals surface area (Å²) in [7, 11) is 0. The van der Waals surface area contributed by atoms with Crippen LogP contribution in [0.3, 0.4) is 0 Å². The number of amides is 1. The van der Waals surface area contributed by atoms with E-state index >= 15 is 0 Å². The van der Waals surface area contributed by atoms with E-state index in [1.807, 2.05) is 53.4 Å². The van der Waals surface area contributed by atoms with Crippen LogP contribution in [0, 0.1) is 0 Å². The summed E-state index contributed by atoms with van der Waals surface area (Å²) >= 11 is 6.05. The van der Waals surface area contributed by atoms with Crippen molar-refractivity contribution in [1.29, 1.82) is 0 Å². The van der Waals surface area contributed by atoms with Crippen LogP contribution in [0.5, 0.6) is 0 Å². The number of benzene rings is 2. The van der Waals surface area contributed by atoms with Crippen molar-refractivity contribution < 1.29 is 4.79 Å². The Morgan fingerprint density at radius 3 is 2.48 bits per heavy atom. The van der Waals surface area contributed by atoms with Crippen molar-refractivity contribution >= 4 is 28.9 Å². The summed E-state index contributed by atoms with van der Waals surface area (Å²) in [6, 6.07) is 15.4. The summed E-state index contributed by atoms with van der Waals surface area (Å²) < 4.78 is 0. The van der Waals surface area contributed by atoms with E-state index in [2.05, 4.69) is 4.90 Å². The van der Waals surface area contributed by atoms with Gasteiger partial charge in [-0.05, 0) is 29.8 Å². The minimum absolute atomic E-state index is 0.133. The Morgan fingerprint density at radius 1 is 1.04 bits per heavy atom. The predicted molar refractivity (Wildman–Crippen MR) is 94.8 cm³/mol. The standard InChI is InChI=1S/C18H20ClN3O/c19-15-5-3-6-16(13-15)21-8-10-22(11-9-21)18(23)12-14-4-1-2-7-17(14)20/h1-7,13H,8-12,20H2. The molecule has 2 aromatic carbocycles. The number of piperazine rings is 1. The van der Waals surface area contributed by atoms with E-state index in [-0.39, 0.29) is 5.91 Å². The molecule has 1 fully saturated rings. The van der Waals surface area contributed by atoms with Gasteiger partial charge in [-0.3, -0.25) is 4.79 Å². The number of carbonyl (C=O) groups is 1. The maximum absolute atomic E-state index is 12.4. The van der Waals surface area contributed by atoms with Crippen LogP contribution in [-0.4, -0.2) is 37.0 Å². The zero-order valence-electron chi connectivity index (χ0n) is 12.9. The third-order valence-electron chi connectivity index (χ3n) is 4.20. The average Bonchev–Trinajstić information content (AvgIpc) is 2.57. The van der Waals surface area contributed by atoms with Gasteiger partial charge >= 0.3 is 0 Å². The Morgan fingerprint density at radius 2 is 1.78 bits per heavy atom. The molecule has 1 aliphatic heterocycles. The summed E-state index contributed by atoms with van der Waals surface area (Å²) in [6.07, 6.45) is 0.365. The van der Waals surface area contributed by atoms with Crippen LogP contribution in [0.25, 0.3) is 0 Å². The fourth-order valence-corrected chi connectivity index (χ4v) is 3.04. The van der Waals surface area contributed by atoms with Crippen molar-refractivity contribution in [1.82, 2.24) is 4.90 Å². The largest absolute Gasteiger partial charge is 0.398 e. The van der Waals surface area contributed by atoms with Crippen molar-refractivity contribution in [3.05, 3.63) is 59.1 Å². The lowest BCUT2D eigenvalue weighted by Gasteiger charge is -2.36.